The fraction of sp³-hybridized carbons (Fsp3) is 0.517. The van der Waals surface area contributed by atoms with Crippen molar-refractivity contribution in [3.8, 4) is 17.1 Å². The second kappa shape index (κ2) is 16.6. The molecule has 1 aromatic heterocycles. The van der Waals surface area contributed by atoms with Crippen molar-refractivity contribution in [2.75, 3.05) is 0 Å². The highest BCUT2D eigenvalue weighted by Gasteiger charge is 2.07. The van der Waals surface area contributed by atoms with Gasteiger partial charge in [-0.2, -0.15) is 0 Å². The van der Waals surface area contributed by atoms with E-state index < -0.39 is 5.97 Å². The molecule has 1 unspecified atom stereocenters. The lowest BCUT2D eigenvalue weighted by Gasteiger charge is -2.11. The number of carbonyl (C=O) groups is 2. The number of unbranched alkanes of at least 4 members (excludes halogenated alkanes) is 7. The number of nitrogens with zero attached hydrogens (tertiary/aromatic N) is 2. The summed E-state index contributed by atoms with van der Waals surface area (Å²) in [4.78, 5) is 31.6. The summed E-state index contributed by atoms with van der Waals surface area (Å²) in [7, 11) is 0. The van der Waals surface area contributed by atoms with Crippen molar-refractivity contribution in [1.29, 1.82) is 0 Å². The fourth-order valence-electron chi connectivity index (χ4n) is 3.81. The quantitative estimate of drug-likeness (QED) is 0.146. The maximum absolute atomic E-state index is 12.0. The third-order valence-corrected chi connectivity index (χ3v) is 5.73. The van der Waals surface area contributed by atoms with E-state index in [-0.39, 0.29) is 12.1 Å². The van der Waals surface area contributed by atoms with Gasteiger partial charge in [0.2, 0.25) is 0 Å². The normalized spacial score (nSPS) is 12.0. The number of rotatable bonds is 16. The number of aryl methyl sites for hydroxylation is 1. The van der Waals surface area contributed by atoms with Crippen LogP contribution in [-0.4, -0.2) is 28.0 Å². The Morgan fingerprint density at radius 2 is 1.63 bits per heavy atom. The Morgan fingerprint density at radius 1 is 0.943 bits per heavy atom. The van der Waals surface area contributed by atoms with Crippen molar-refractivity contribution >= 4 is 11.9 Å². The third kappa shape index (κ3) is 12.3. The molecule has 0 aliphatic carbocycles. The maximum atomic E-state index is 12.0. The first kappa shape index (κ1) is 28.2. The molecule has 0 bridgehead atoms. The molecule has 0 aliphatic heterocycles. The maximum Gasteiger partial charge on any atom is 0.335 e. The van der Waals surface area contributed by atoms with E-state index in [9.17, 15) is 9.59 Å². The van der Waals surface area contributed by atoms with E-state index in [0.29, 0.717) is 11.6 Å². The molecule has 1 atom stereocenters. The second-order valence-corrected chi connectivity index (χ2v) is 8.99. The molecule has 0 aliphatic rings. The molecule has 0 fully saturated rings. The minimum absolute atomic E-state index is 0.0320. The Hall–Kier alpha value is -3.02. The van der Waals surface area contributed by atoms with Gasteiger partial charge in [-0.1, -0.05) is 69.4 Å². The zero-order valence-corrected chi connectivity index (χ0v) is 21.5. The van der Waals surface area contributed by atoms with E-state index in [0.717, 1.165) is 44.1 Å². The third-order valence-electron chi connectivity index (χ3n) is 5.73. The number of benzene rings is 1. The van der Waals surface area contributed by atoms with E-state index in [1.165, 1.54) is 63.1 Å². The molecular weight excluding hydrogens is 440 g/mol. The van der Waals surface area contributed by atoms with Crippen LogP contribution in [0.1, 0.15) is 90.5 Å². The standard InChI is InChI=1S/C29H40N2O4/c1-4-5-6-7-8-9-10-11-16-28(33)35-27-21-30-29(31-22-27)26-19-17-25(18-20-26)15-13-12-14-23(2)34-24(3)32/h11,16-23H,4-10,12-15H2,1-3H3/b16-11+. The van der Waals surface area contributed by atoms with Gasteiger partial charge in [0, 0.05) is 18.6 Å². The number of aromatic nitrogens is 2. The van der Waals surface area contributed by atoms with Gasteiger partial charge < -0.3 is 9.47 Å². The molecule has 6 heteroatoms. The minimum atomic E-state index is -0.404. The van der Waals surface area contributed by atoms with Gasteiger partial charge in [0.05, 0.1) is 18.5 Å². The van der Waals surface area contributed by atoms with Crippen molar-refractivity contribution in [2.45, 2.75) is 97.5 Å². The van der Waals surface area contributed by atoms with Crippen molar-refractivity contribution in [2.24, 2.45) is 0 Å². The predicted molar refractivity (Wildman–Crippen MR) is 139 cm³/mol. The van der Waals surface area contributed by atoms with Crippen LogP contribution >= 0.6 is 0 Å². The van der Waals surface area contributed by atoms with E-state index in [1.54, 1.807) is 0 Å². The van der Waals surface area contributed by atoms with Gasteiger partial charge in [-0.25, -0.2) is 14.8 Å². The molecule has 6 nitrogen and oxygen atoms in total. The predicted octanol–water partition coefficient (Wildman–Crippen LogP) is 7.02. The molecule has 1 heterocycles. The number of allylic oxidation sites excluding steroid dienone is 1. The molecule has 2 aromatic rings. The van der Waals surface area contributed by atoms with Gasteiger partial charge >= 0.3 is 11.9 Å². The van der Waals surface area contributed by atoms with E-state index in [4.69, 9.17) is 9.47 Å². The first-order chi connectivity index (χ1) is 17.0. The van der Waals surface area contributed by atoms with E-state index in [2.05, 4.69) is 29.0 Å². The Kier molecular flexibility index (Phi) is 13.4. The number of hydrogen-bond donors (Lipinski definition) is 0. The van der Waals surface area contributed by atoms with Crippen LogP contribution in [0.15, 0.2) is 48.8 Å². The highest BCUT2D eigenvalue weighted by Crippen LogP contribution is 2.19. The number of carbonyl (C=O) groups excluding carboxylic acids is 2. The smallest absolute Gasteiger partial charge is 0.335 e. The number of hydrogen-bond acceptors (Lipinski definition) is 6. The van der Waals surface area contributed by atoms with Crippen LogP contribution in [0.3, 0.4) is 0 Å². The molecule has 0 saturated heterocycles. The number of esters is 2. The van der Waals surface area contributed by atoms with Crippen LogP contribution in [0.25, 0.3) is 11.4 Å². The van der Waals surface area contributed by atoms with Crippen LogP contribution in [0, 0.1) is 0 Å². The molecule has 0 amide bonds. The van der Waals surface area contributed by atoms with Crippen LogP contribution in [-0.2, 0) is 20.7 Å². The van der Waals surface area contributed by atoms with E-state index >= 15 is 0 Å². The molecule has 0 radical (unpaired) electrons. The highest BCUT2D eigenvalue weighted by molar-refractivity contribution is 5.83. The first-order valence-electron chi connectivity index (χ1n) is 12.9. The minimum Gasteiger partial charge on any atom is -0.463 e. The summed E-state index contributed by atoms with van der Waals surface area (Å²) in [6, 6.07) is 8.17. The average molecular weight is 481 g/mol. The fourth-order valence-corrected chi connectivity index (χ4v) is 3.81. The SMILES string of the molecule is CCCCCCCC/C=C/C(=O)Oc1cnc(-c2ccc(CCCCC(C)OC(C)=O)cc2)nc1. The summed E-state index contributed by atoms with van der Waals surface area (Å²) >= 11 is 0. The molecule has 1 aromatic carbocycles. The summed E-state index contributed by atoms with van der Waals surface area (Å²) in [5.74, 6) is 0.295. The van der Waals surface area contributed by atoms with Gasteiger partial charge in [0.1, 0.15) is 0 Å². The molecule has 35 heavy (non-hydrogen) atoms. The second-order valence-electron chi connectivity index (χ2n) is 8.99. The van der Waals surface area contributed by atoms with Gasteiger partial charge in [0.25, 0.3) is 0 Å². The molecule has 0 spiro atoms. The molecule has 0 N–H and O–H groups in total. The zero-order chi connectivity index (χ0) is 25.3. The van der Waals surface area contributed by atoms with Gasteiger partial charge in [-0.15, -0.1) is 0 Å². The Balaban J connectivity index is 1.71. The topological polar surface area (TPSA) is 78.4 Å². The lowest BCUT2D eigenvalue weighted by molar-refractivity contribution is -0.145. The lowest BCUT2D eigenvalue weighted by Crippen LogP contribution is -2.11. The summed E-state index contributed by atoms with van der Waals surface area (Å²) in [6.07, 6.45) is 18.6. The Bertz CT molecular complexity index is 907. The highest BCUT2D eigenvalue weighted by atomic mass is 16.5. The van der Waals surface area contributed by atoms with Crippen LogP contribution < -0.4 is 4.74 Å². The summed E-state index contributed by atoms with van der Waals surface area (Å²) in [6.45, 7) is 5.58. The number of ether oxygens (including phenoxy) is 2. The van der Waals surface area contributed by atoms with Crippen LogP contribution in [0.2, 0.25) is 0 Å². The molecule has 2 rings (SSSR count). The summed E-state index contributed by atoms with van der Waals surface area (Å²) < 4.78 is 10.5. The monoisotopic (exact) mass is 480 g/mol. The van der Waals surface area contributed by atoms with E-state index in [1.807, 2.05) is 25.1 Å². The van der Waals surface area contributed by atoms with Crippen molar-refractivity contribution in [3.63, 3.8) is 0 Å². The zero-order valence-electron chi connectivity index (χ0n) is 21.5. The largest absolute Gasteiger partial charge is 0.463 e. The average Bonchev–Trinajstić information content (AvgIpc) is 2.84. The summed E-state index contributed by atoms with van der Waals surface area (Å²) in [5, 5.41) is 0. The molecular formula is C29H40N2O4. The van der Waals surface area contributed by atoms with Gasteiger partial charge in [-0.3, -0.25) is 4.79 Å². The lowest BCUT2D eigenvalue weighted by atomic mass is 10.0. The Morgan fingerprint density at radius 3 is 2.31 bits per heavy atom. The molecule has 190 valence electrons. The summed E-state index contributed by atoms with van der Waals surface area (Å²) in [5.41, 5.74) is 2.15. The van der Waals surface area contributed by atoms with Crippen LogP contribution in [0.5, 0.6) is 5.75 Å². The Labute approximate surface area is 210 Å². The van der Waals surface area contributed by atoms with Crippen molar-refractivity contribution in [1.82, 2.24) is 9.97 Å². The molecule has 0 saturated carbocycles. The van der Waals surface area contributed by atoms with Crippen molar-refractivity contribution < 1.29 is 19.1 Å². The van der Waals surface area contributed by atoms with Crippen LogP contribution in [0.4, 0.5) is 0 Å². The van der Waals surface area contributed by atoms with Gasteiger partial charge in [0.15, 0.2) is 11.6 Å². The first-order valence-corrected chi connectivity index (χ1v) is 12.9. The van der Waals surface area contributed by atoms with Gasteiger partial charge in [-0.05, 0) is 51.0 Å². The van der Waals surface area contributed by atoms with Crippen molar-refractivity contribution in [3.05, 3.63) is 54.4 Å².